The molecule has 1 aliphatic carbocycles. The van der Waals surface area contributed by atoms with E-state index in [1.54, 1.807) is 0 Å². The zero-order valence-corrected chi connectivity index (χ0v) is 11.3. The van der Waals surface area contributed by atoms with Crippen LogP contribution in [0.5, 0.6) is 0 Å². The molecule has 0 aromatic rings. The molecule has 3 unspecified atom stereocenters. The maximum atomic E-state index is 5.63. The van der Waals surface area contributed by atoms with Crippen LogP contribution in [0.1, 0.15) is 52.9 Å². The van der Waals surface area contributed by atoms with Gasteiger partial charge in [0, 0.05) is 12.6 Å². The third-order valence-corrected chi connectivity index (χ3v) is 3.98. The van der Waals surface area contributed by atoms with E-state index in [0.29, 0.717) is 6.04 Å². The lowest BCUT2D eigenvalue weighted by atomic mass is 9.74. The smallest absolute Gasteiger partial charge is 0.0622 e. The van der Waals surface area contributed by atoms with Crippen molar-refractivity contribution in [2.75, 3.05) is 19.8 Å². The SMILES string of the molecule is CCNC(COCC)C1CCCCC1CC. The summed E-state index contributed by atoms with van der Waals surface area (Å²) in [5.74, 6) is 1.75. The van der Waals surface area contributed by atoms with Gasteiger partial charge in [0.05, 0.1) is 6.61 Å². The van der Waals surface area contributed by atoms with Gasteiger partial charge in [0.1, 0.15) is 0 Å². The Labute approximate surface area is 101 Å². The van der Waals surface area contributed by atoms with Crippen molar-refractivity contribution >= 4 is 0 Å². The topological polar surface area (TPSA) is 21.3 Å². The Morgan fingerprint density at radius 3 is 2.56 bits per heavy atom. The Bertz CT molecular complexity index is 172. The molecule has 96 valence electrons. The molecule has 2 heteroatoms. The maximum Gasteiger partial charge on any atom is 0.0622 e. The molecule has 0 spiro atoms. The lowest BCUT2D eigenvalue weighted by Gasteiger charge is -2.37. The average molecular weight is 227 g/mol. The van der Waals surface area contributed by atoms with E-state index in [1.165, 1.54) is 32.1 Å². The van der Waals surface area contributed by atoms with E-state index in [2.05, 4.69) is 26.1 Å². The van der Waals surface area contributed by atoms with Crippen LogP contribution < -0.4 is 5.32 Å². The molecule has 1 aliphatic rings. The van der Waals surface area contributed by atoms with Crippen molar-refractivity contribution in [3.05, 3.63) is 0 Å². The molecule has 1 N–H and O–H groups in total. The van der Waals surface area contributed by atoms with Crippen LogP contribution >= 0.6 is 0 Å². The van der Waals surface area contributed by atoms with E-state index in [9.17, 15) is 0 Å². The fraction of sp³-hybridized carbons (Fsp3) is 1.00. The molecular formula is C14H29NO. The number of hydrogen-bond donors (Lipinski definition) is 1. The third kappa shape index (κ3) is 4.06. The molecule has 0 saturated heterocycles. The van der Waals surface area contributed by atoms with Crippen LogP contribution in [-0.4, -0.2) is 25.8 Å². The summed E-state index contributed by atoms with van der Waals surface area (Å²) in [5.41, 5.74) is 0. The minimum atomic E-state index is 0.579. The Kier molecular flexibility index (Phi) is 7.06. The molecular weight excluding hydrogens is 198 g/mol. The van der Waals surface area contributed by atoms with E-state index in [1.807, 2.05) is 0 Å². The van der Waals surface area contributed by atoms with Gasteiger partial charge in [0.2, 0.25) is 0 Å². The zero-order chi connectivity index (χ0) is 11.8. The lowest BCUT2D eigenvalue weighted by Crippen LogP contribution is -2.44. The summed E-state index contributed by atoms with van der Waals surface area (Å²) in [5, 5.41) is 3.63. The fourth-order valence-electron chi connectivity index (χ4n) is 3.11. The maximum absolute atomic E-state index is 5.63. The van der Waals surface area contributed by atoms with Gasteiger partial charge >= 0.3 is 0 Å². The fourth-order valence-corrected chi connectivity index (χ4v) is 3.11. The molecule has 0 amide bonds. The van der Waals surface area contributed by atoms with Gasteiger partial charge in [-0.2, -0.15) is 0 Å². The first-order chi connectivity index (χ1) is 7.83. The summed E-state index contributed by atoms with van der Waals surface area (Å²) >= 11 is 0. The number of nitrogens with one attached hydrogen (secondary N) is 1. The summed E-state index contributed by atoms with van der Waals surface area (Å²) in [7, 11) is 0. The molecule has 1 saturated carbocycles. The van der Waals surface area contributed by atoms with Crippen LogP contribution in [0.15, 0.2) is 0 Å². The Morgan fingerprint density at radius 1 is 1.19 bits per heavy atom. The van der Waals surface area contributed by atoms with Crippen molar-refractivity contribution in [2.24, 2.45) is 11.8 Å². The molecule has 16 heavy (non-hydrogen) atoms. The standard InChI is InChI=1S/C14H29NO/c1-4-12-9-7-8-10-13(12)14(15-5-2)11-16-6-3/h12-15H,4-11H2,1-3H3. The van der Waals surface area contributed by atoms with E-state index in [-0.39, 0.29) is 0 Å². The van der Waals surface area contributed by atoms with Gasteiger partial charge < -0.3 is 10.1 Å². The van der Waals surface area contributed by atoms with Crippen molar-refractivity contribution in [3.8, 4) is 0 Å². The Morgan fingerprint density at radius 2 is 1.94 bits per heavy atom. The van der Waals surface area contributed by atoms with Gasteiger partial charge in [-0.15, -0.1) is 0 Å². The van der Waals surface area contributed by atoms with Crippen LogP contribution in [0.4, 0.5) is 0 Å². The monoisotopic (exact) mass is 227 g/mol. The van der Waals surface area contributed by atoms with Crippen molar-refractivity contribution < 1.29 is 4.74 Å². The third-order valence-electron chi connectivity index (χ3n) is 3.98. The summed E-state index contributed by atoms with van der Waals surface area (Å²) in [4.78, 5) is 0. The van der Waals surface area contributed by atoms with Crippen LogP contribution in [0.25, 0.3) is 0 Å². The van der Waals surface area contributed by atoms with Crippen LogP contribution in [0.3, 0.4) is 0 Å². The second-order valence-electron chi connectivity index (χ2n) is 4.94. The lowest BCUT2D eigenvalue weighted by molar-refractivity contribution is 0.0726. The van der Waals surface area contributed by atoms with Gasteiger partial charge in [-0.05, 0) is 31.7 Å². The Balaban J connectivity index is 2.51. The van der Waals surface area contributed by atoms with Gasteiger partial charge in [0.25, 0.3) is 0 Å². The molecule has 0 aromatic heterocycles. The highest BCUT2D eigenvalue weighted by Crippen LogP contribution is 2.34. The van der Waals surface area contributed by atoms with Gasteiger partial charge in [-0.1, -0.05) is 39.5 Å². The summed E-state index contributed by atoms with van der Waals surface area (Å²) in [6.07, 6.45) is 6.99. The molecule has 0 bridgehead atoms. The molecule has 3 atom stereocenters. The predicted molar refractivity (Wildman–Crippen MR) is 69.7 cm³/mol. The highest BCUT2D eigenvalue weighted by molar-refractivity contribution is 4.84. The van der Waals surface area contributed by atoms with Crippen LogP contribution in [-0.2, 0) is 4.74 Å². The zero-order valence-electron chi connectivity index (χ0n) is 11.3. The molecule has 0 aliphatic heterocycles. The molecule has 0 heterocycles. The second kappa shape index (κ2) is 8.08. The minimum absolute atomic E-state index is 0.579. The van der Waals surface area contributed by atoms with Gasteiger partial charge in [0.15, 0.2) is 0 Å². The summed E-state index contributed by atoms with van der Waals surface area (Å²) in [6.45, 7) is 9.41. The van der Waals surface area contributed by atoms with E-state index < -0.39 is 0 Å². The summed E-state index contributed by atoms with van der Waals surface area (Å²) < 4.78 is 5.63. The molecule has 1 fully saturated rings. The number of rotatable bonds is 7. The van der Waals surface area contributed by atoms with Crippen molar-refractivity contribution in [1.82, 2.24) is 5.32 Å². The van der Waals surface area contributed by atoms with Crippen LogP contribution in [0.2, 0.25) is 0 Å². The first-order valence-electron chi connectivity index (χ1n) is 7.14. The first-order valence-corrected chi connectivity index (χ1v) is 7.14. The van der Waals surface area contributed by atoms with Gasteiger partial charge in [-0.25, -0.2) is 0 Å². The summed E-state index contributed by atoms with van der Waals surface area (Å²) in [6, 6.07) is 0.579. The van der Waals surface area contributed by atoms with Crippen molar-refractivity contribution in [1.29, 1.82) is 0 Å². The molecule has 0 radical (unpaired) electrons. The number of ether oxygens (including phenoxy) is 1. The molecule has 1 rings (SSSR count). The normalized spacial score (nSPS) is 27.9. The van der Waals surface area contributed by atoms with E-state index in [4.69, 9.17) is 4.74 Å². The second-order valence-corrected chi connectivity index (χ2v) is 4.94. The van der Waals surface area contributed by atoms with Gasteiger partial charge in [-0.3, -0.25) is 0 Å². The minimum Gasteiger partial charge on any atom is -0.380 e. The largest absolute Gasteiger partial charge is 0.380 e. The van der Waals surface area contributed by atoms with E-state index in [0.717, 1.165) is 31.6 Å². The van der Waals surface area contributed by atoms with Crippen molar-refractivity contribution in [2.45, 2.75) is 58.9 Å². The number of likely N-dealkylation sites (N-methyl/N-ethyl adjacent to an activating group) is 1. The predicted octanol–water partition coefficient (Wildman–Crippen LogP) is 3.22. The number of hydrogen-bond acceptors (Lipinski definition) is 2. The quantitative estimate of drug-likeness (QED) is 0.721. The van der Waals surface area contributed by atoms with E-state index >= 15 is 0 Å². The first kappa shape index (κ1) is 14.0. The molecule has 2 nitrogen and oxygen atoms in total. The van der Waals surface area contributed by atoms with Crippen molar-refractivity contribution in [3.63, 3.8) is 0 Å². The average Bonchev–Trinajstić information content (AvgIpc) is 2.34. The molecule has 0 aromatic carbocycles. The van der Waals surface area contributed by atoms with Crippen LogP contribution in [0, 0.1) is 11.8 Å². The highest BCUT2D eigenvalue weighted by Gasteiger charge is 2.30. The highest BCUT2D eigenvalue weighted by atomic mass is 16.5. The Hall–Kier alpha value is -0.0800.